The van der Waals surface area contributed by atoms with Crippen molar-refractivity contribution in [3.8, 4) is 17.2 Å². The Morgan fingerprint density at radius 1 is 1.42 bits per heavy atom. The van der Waals surface area contributed by atoms with Crippen molar-refractivity contribution in [2.75, 3.05) is 23.8 Å². The fourth-order valence-corrected chi connectivity index (χ4v) is 2.68. The largest absolute Gasteiger partial charge is 0.507 e. The Balaban J connectivity index is 1.87. The fourth-order valence-electron chi connectivity index (χ4n) is 1.84. The van der Waals surface area contributed by atoms with Gasteiger partial charge in [0, 0.05) is 23.3 Å². The zero-order chi connectivity index (χ0) is 13.2. The molecule has 7 heteroatoms. The molecule has 19 heavy (non-hydrogen) atoms. The number of ether oxygens (including phenoxy) is 1. The summed E-state index contributed by atoms with van der Waals surface area (Å²) in [6.45, 7) is 0.687. The molecule has 6 nitrogen and oxygen atoms in total. The van der Waals surface area contributed by atoms with E-state index in [1.54, 1.807) is 23.9 Å². The Labute approximate surface area is 113 Å². The lowest BCUT2D eigenvalue weighted by Gasteiger charge is -2.18. The molecule has 1 aromatic heterocycles. The van der Waals surface area contributed by atoms with Crippen molar-refractivity contribution in [1.29, 1.82) is 0 Å². The number of nitrogen functional groups attached to an aromatic ring is 1. The minimum absolute atomic E-state index is 0.0223. The summed E-state index contributed by atoms with van der Waals surface area (Å²) < 4.78 is 10.7. The SMILES string of the molecule is Nc1ccc(-c2nc(C3CSCCO3)no2)c(O)c1. The lowest BCUT2D eigenvalue weighted by atomic mass is 10.2. The highest BCUT2D eigenvalue weighted by Gasteiger charge is 2.23. The Morgan fingerprint density at radius 3 is 3.05 bits per heavy atom. The monoisotopic (exact) mass is 279 g/mol. The number of aromatic hydroxyl groups is 1. The quantitative estimate of drug-likeness (QED) is 0.810. The smallest absolute Gasteiger partial charge is 0.261 e. The van der Waals surface area contributed by atoms with E-state index in [-0.39, 0.29) is 17.7 Å². The average Bonchev–Trinajstić information content (AvgIpc) is 2.89. The van der Waals surface area contributed by atoms with E-state index in [4.69, 9.17) is 15.0 Å². The van der Waals surface area contributed by atoms with Gasteiger partial charge in [-0.3, -0.25) is 0 Å². The molecular weight excluding hydrogens is 266 g/mol. The maximum Gasteiger partial charge on any atom is 0.261 e. The Bertz CT molecular complexity index is 581. The normalized spacial score (nSPS) is 19.5. The molecule has 1 aliphatic heterocycles. The van der Waals surface area contributed by atoms with E-state index in [1.165, 1.54) is 6.07 Å². The second kappa shape index (κ2) is 5.10. The first-order chi connectivity index (χ1) is 9.24. The van der Waals surface area contributed by atoms with Crippen LogP contribution in [0.5, 0.6) is 5.75 Å². The van der Waals surface area contributed by atoms with Gasteiger partial charge in [-0.2, -0.15) is 16.7 Å². The molecule has 0 bridgehead atoms. The molecule has 1 aliphatic rings. The van der Waals surface area contributed by atoms with Crippen molar-refractivity contribution < 1.29 is 14.4 Å². The molecule has 0 aliphatic carbocycles. The van der Waals surface area contributed by atoms with Crippen LogP contribution in [0.4, 0.5) is 5.69 Å². The molecule has 3 N–H and O–H groups in total. The Kier molecular flexibility index (Phi) is 3.31. The Hall–Kier alpha value is -1.73. The van der Waals surface area contributed by atoms with Crippen LogP contribution in [0.1, 0.15) is 11.9 Å². The molecule has 0 amide bonds. The van der Waals surface area contributed by atoms with Crippen LogP contribution in [0.3, 0.4) is 0 Å². The van der Waals surface area contributed by atoms with Crippen LogP contribution in [-0.2, 0) is 4.74 Å². The van der Waals surface area contributed by atoms with Gasteiger partial charge >= 0.3 is 0 Å². The summed E-state index contributed by atoms with van der Waals surface area (Å²) in [7, 11) is 0. The first kappa shape index (κ1) is 12.3. The molecule has 0 saturated carbocycles. The van der Waals surface area contributed by atoms with Crippen molar-refractivity contribution in [3.63, 3.8) is 0 Å². The van der Waals surface area contributed by atoms with E-state index in [1.807, 2.05) is 0 Å². The molecule has 0 spiro atoms. The van der Waals surface area contributed by atoms with Gasteiger partial charge in [-0.15, -0.1) is 0 Å². The fraction of sp³-hybridized carbons (Fsp3) is 0.333. The van der Waals surface area contributed by atoms with Crippen LogP contribution in [0, 0.1) is 0 Å². The molecular formula is C12H13N3O3S. The number of hydrogen-bond donors (Lipinski definition) is 2. The van der Waals surface area contributed by atoms with Crippen molar-refractivity contribution >= 4 is 17.4 Å². The van der Waals surface area contributed by atoms with E-state index in [0.717, 1.165) is 11.5 Å². The van der Waals surface area contributed by atoms with E-state index >= 15 is 0 Å². The first-order valence-electron chi connectivity index (χ1n) is 5.86. The standard InChI is InChI=1S/C12H13N3O3S/c13-7-1-2-8(9(16)5-7)12-14-11(15-18-12)10-6-19-4-3-17-10/h1-2,5,10,16H,3-4,6,13H2. The van der Waals surface area contributed by atoms with Crippen molar-refractivity contribution in [2.45, 2.75) is 6.10 Å². The van der Waals surface area contributed by atoms with Gasteiger partial charge in [0.25, 0.3) is 5.89 Å². The van der Waals surface area contributed by atoms with Gasteiger partial charge in [-0.1, -0.05) is 5.16 Å². The van der Waals surface area contributed by atoms with Crippen molar-refractivity contribution in [2.24, 2.45) is 0 Å². The third-order valence-corrected chi connectivity index (χ3v) is 3.79. The van der Waals surface area contributed by atoms with E-state index < -0.39 is 0 Å². The van der Waals surface area contributed by atoms with Crippen LogP contribution < -0.4 is 5.73 Å². The van der Waals surface area contributed by atoms with E-state index in [9.17, 15) is 5.11 Å². The summed E-state index contributed by atoms with van der Waals surface area (Å²) in [5.74, 6) is 2.60. The third-order valence-electron chi connectivity index (χ3n) is 2.80. The lowest BCUT2D eigenvalue weighted by Crippen LogP contribution is -2.16. The predicted octanol–water partition coefficient (Wildman–Crippen LogP) is 1.83. The second-order valence-electron chi connectivity index (χ2n) is 4.17. The topological polar surface area (TPSA) is 94.4 Å². The van der Waals surface area contributed by atoms with Crippen molar-refractivity contribution in [3.05, 3.63) is 24.0 Å². The average molecular weight is 279 g/mol. The highest BCUT2D eigenvalue weighted by molar-refractivity contribution is 7.99. The summed E-state index contributed by atoms with van der Waals surface area (Å²) in [4.78, 5) is 4.28. The van der Waals surface area contributed by atoms with Crippen LogP contribution in [-0.4, -0.2) is 33.4 Å². The van der Waals surface area contributed by atoms with Gasteiger partial charge in [0.05, 0.1) is 12.2 Å². The molecule has 100 valence electrons. The number of phenolic OH excluding ortho intramolecular Hbond substituents is 1. The molecule has 2 aromatic rings. The molecule has 1 fully saturated rings. The number of hydrogen-bond acceptors (Lipinski definition) is 7. The first-order valence-corrected chi connectivity index (χ1v) is 7.01. The molecule has 0 radical (unpaired) electrons. The van der Waals surface area contributed by atoms with Gasteiger partial charge in [0.15, 0.2) is 0 Å². The van der Waals surface area contributed by atoms with Crippen LogP contribution >= 0.6 is 11.8 Å². The minimum atomic E-state index is -0.146. The summed E-state index contributed by atoms with van der Waals surface area (Å²) in [5, 5.41) is 13.7. The van der Waals surface area contributed by atoms with E-state index in [0.29, 0.717) is 23.7 Å². The molecule has 2 heterocycles. The highest BCUT2D eigenvalue weighted by Crippen LogP contribution is 2.31. The molecule has 1 saturated heterocycles. The maximum atomic E-state index is 9.82. The zero-order valence-electron chi connectivity index (χ0n) is 10.1. The van der Waals surface area contributed by atoms with Gasteiger partial charge in [0.2, 0.25) is 5.82 Å². The Morgan fingerprint density at radius 2 is 2.32 bits per heavy atom. The van der Waals surface area contributed by atoms with Gasteiger partial charge < -0.3 is 20.1 Å². The highest BCUT2D eigenvalue weighted by atomic mass is 32.2. The van der Waals surface area contributed by atoms with Crippen molar-refractivity contribution in [1.82, 2.24) is 10.1 Å². The number of nitrogens with zero attached hydrogens (tertiary/aromatic N) is 2. The maximum absolute atomic E-state index is 9.82. The van der Waals surface area contributed by atoms with Gasteiger partial charge in [0.1, 0.15) is 11.9 Å². The number of benzene rings is 1. The second-order valence-corrected chi connectivity index (χ2v) is 5.32. The number of aromatic nitrogens is 2. The van der Waals surface area contributed by atoms with Crippen LogP contribution in [0.2, 0.25) is 0 Å². The molecule has 3 rings (SSSR count). The third kappa shape index (κ3) is 2.52. The number of rotatable bonds is 2. The predicted molar refractivity (Wildman–Crippen MR) is 71.8 cm³/mol. The molecule has 1 aromatic carbocycles. The summed E-state index contributed by atoms with van der Waals surface area (Å²) >= 11 is 1.80. The lowest BCUT2D eigenvalue weighted by molar-refractivity contribution is 0.0677. The van der Waals surface area contributed by atoms with Crippen LogP contribution in [0.25, 0.3) is 11.5 Å². The molecule has 1 atom stereocenters. The van der Waals surface area contributed by atoms with Gasteiger partial charge in [-0.05, 0) is 12.1 Å². The number of thioether (sulfide) groups is 1. The zero-order valence-corrected chi connectivity index (χ0v) is 10.9. The summed E-state index contributed by atoms with van der Waals surface area (Å²) in [6.07, 6.45) is -0.146. The summed E-state index contributed by atoms with van der Waals surface area (Å²) in [6, 6.07) is 4.77. The molecule has 1 unspecified atom stereocenters. The van der Waals surface area contributed by atoms with Gasteiger partial charge in [-0.25, -0.2) is 0 Å². The minimum Gasteiger partial charge on any atom is -0.507 e. The number of phenols is 1. The number of anilines is 1. The summed E-state index contributed by atoms with van der Waals surface area (Å²) in [5.41, 5.74) is 6.53. The van der Waals surface area contributed by atoms with E-state index in [2.05, 4.69) is 10.1 Å². The van der Waals surface area contributed by atoms with Crippen LogP contribution in [0.15, 0.2) is 22.7 Å². The number of nitrogens with two attached hydrogens (primary N) is 1.